The molecule has 0 aromatic heterocycles. The van der Waals surface area contributed by atoms with E-state index < -0.39 is 0 Å². The van der Waals surface area contributed by atoms with E-state index in [1.165, 1.54) is 18.4 Å². The van der Waals surface area contributed by atoms with E-state index in [1.54, 1.807) is 0 Å². The summed E-state index contributed by atoms with van der Waals surface area (Å²) in [5.41, 5.74) is 1.28. The van der Waals surface area contributed by atoms with Crippen molar-refractivity contribution in [1.29, 1.82) is 0 Å². The van der Waals surface area contributed by atoms with E-state index in [-0.39, 0.29) is 0 Å². The number of hydrogen-bond donors (Lipinski definition) is 1. The van der Waals surface area contributed by atoms with Crippen molar-refractivity contribution >= 4 is 0 Å². The summed E-state index contributed by atoms with van der Waals surface area (Å²) in [6, 6.07) is 8.86. The topological polar surface area (TPSA) is 21.3 Å². The van der Waals surface area contributed by atoms with Crippen LogP contribution in [-0.2, 0) is 0 Å². The summed E-state index contributed by atoms with van der Waals surface area (Å²) in [7, 11) is 1.98. The lowest BCUT2D eigenvalue weighted by Gasteiger charge is -2.04. The quantitative estimate of drug-likeness (QED) is 0.723. The Balaban J connectivity index is 0. The van der Waals surface area contributed by atoms with Crippen LogP contribution in [0.1, 0.15) is 59.4 Å². The second kappa shape index (κ2) is 16.0. The molecule has 0 fully saturated rings. The molecule has 118 valence electrons. The van der Waals surface area contributed by atoms with Gasteiger partial charge < -0.3 is 10.1 Å². The molecular weight excluding hydrogens is 246 g/mol. The zero-order valence-corrected chi connectivity index (χ0v) is 14.6. The highest BCUT2D eigenvalue weighted by molar-refractivity contribution is 5.26. The van der Waals surface area contributed by atoms with Gasteiger partial charge in [-0.05, 0) is 45.9 Å². The van der Waals surface area contributed by atoms with Gasteiger partial charge in [0.2, 0.25) is 0 Å². The summed E-state index contributed by atoms with van der Waals surface area (Å²) >= 11 is 0. The van der Waals surface area contributed by atoms with Gasteiger partial charge in [-0.3, -0.25) is 0 Å². The van der Waals surface area contributed by atoms with Crippen LogP contribution in [0.15, 0.2) is 24.3 Å². The van der Waals surface area contributed by atoms with Gasteiger partial charge in [0.15, 0.2) is 0 Å². The van der Waals surface area contributed by atoms with Gasteiger partial charge in [-0.1, -0.05) is 51.8 Å². The molecule has 1 atom stereocenters. The number of hydrogen-bond acceptors (Lipinski definition) is 2. The minimum Gasteiger partial charge on any atom is -0.494 e. The Bertz CT molecular complexity index is 278. The highest BCUT2D eigenvalue weighted by atomic mass is 16.5. The summed E-state index contributed by atoms with van der Waals surface area (Å²) in [6.07, 6.45) is 3.54. The van der Waals surface area contributed by atoms with Gasteiger partial charge in [-0.25, -0.2) is 0 Å². The molecule has 0 amide bonds. The lowest BCUT2D eigenvalue weighted by molar-refractivity contribution is 0.309. The first kappa shape index (κ1) is 21.3. The molecule has 0 spiro atoms. The molecule has 2 nitrogen and oxygen atoms in total. The molecule has 2 heteroatoms. The van der Waals surface area contributed by atoms with Crippen LogP contribution in [0.25, 0.3) is 0 Å². The van der Waals surface area contributed by atoms with E-state index in [0.717, 1.165) is 18.8 Å². The fourth-order valence-electron chi connectivity index (χ4n) is 1.17. The molecule has 1 aromatic rings. The molecule has 0 bridgehead atoms. The van der Waals surface area contributed by atoms with Crippen LogP contribution < -0.4 is 10.1 Å². The van der Waals surface area contributed by atoms with Crippen molar-refractivity contribution in [2.75, 3.05) is 13.7 Å². The fourth-order valence-corrected chi connectivity index (χ4v) is 1.17. The van der Waals surface area contributed by atoms with Gasteiger partial charge in [0.05, 0.1) is 6.61 Å². The lowest BCUT2D eigenvalue weighted by atomic mass is 10.2. The van der Waals surface area contributed by atoms with Crippen LogP contribution in [0.5, 0.6) is 5.75 Å². The summed E-state index contributed by atoms with van der Waals surface area (Å²) < 4.78 is 5.50. The van der Waals surface area contributed by atoms with Crippen LogP contribution in [0.4, 0.5) is 0 Å². The van der Waals surface area contributed by atoms with Crippen molar-refractivity contribution in [1.82, 2.24) is 5.32 Å². The minimum absolute atomic E-state index is 0.685. The molecule has 1 aromatic carbocycles. The molecular formula is C18H35NO. The van der Waals surface area contributed by atoms with E-state index in [9.17, 15) is 0 Å². The van der Waals surface area contributed by atoms with Crippen LogP contribution in [0, 0.1) is 6.92 Å². The predicted molar refractivity (Wildman–Crippen MR) is 91.7 cm³/mol. The molecule has 0 heterocycles. The highest BCUT2D eigenvalue weighted by Gasteiger charge is 1.91. The molecule has 1 rings (SSSR count). The number of aryl methyl sites for hydroxylation is 1. The molecule has 1 N–H and O–H groups in total. The van der Waals surface area contributed by atoms with Gasteiger partial charge in [0.1, 0.15) is 5.75 Å². The van der Waals surface area contributed by atoms with Crippen LogP contribution in [-0.4, -0.2) is 19.7 Å². The molecule has 0 radical (unpaired) electrons. The van der Waals surface area contributed by atoms with E-state index in [0.29, 0.717) is 6.04 Å². The molecule has 0 aliphatic carbocycles. The Labute approximate surface area is 126 Å². The standard InChI is InChI=1S/C11H16O.C5H13N.C2H6/c1-3-4-9-12-11-7-5-10(2)6-8-11;1-4-5(2)6-3;1-2/h5-8H,3-4,9H2,1-2H3;5-6H,4H2,1-3H3;1-2H3. The Morgan fingerprint density at radius 1 is 1.10 bits per heavy atom. The summed E-state index contributed by atoms with van der Waals surface area (Å²) in [6.45, 7) is 13.4. The summed E-state index contributed by atoms with van der Waals surface area (Å²) in [5.74, 6) is 0.981. The van der Waals surface area contributed by atoms with Gasteiger partial charge >= 0.3 is 0 Å². The molecule has 0 saturated heterocycles. The number of rotatable bonds is 6. The maximum atomic E-state index is 5.50. The lowest BCUT2D eigenvalue weighted by Crippen LogP contribution is -2.19. The average Bonchev–Trinajstić information content (AvgIpc) is 2.51. The minimum atomic E-state index is 0.685. The number of unbranched alkanes of at least 4 members (excludes halogenated alkanes) is 1. The molecule has 0 saturated carbocycles. The number of nitrogens with one attached hydrogen (secondary N) is 1. The zero-order valence-electron chi connectivity index (χ0n) is 14.6. The predicted octanol–water partition coefficient (Wildman–Crippen LogP) is 5.20. The van der Waals surface area contributed by atoms with Crippen LogP contribution in [0.2, 0.25) is 0 Å². The van der Waals surface area contributed by atoms with Gasteiger partial charge in [0.25, 0.3) is 0 Å². The Morgan fingerprint density at radius 3 is 2.00 bits per heavy atom. The van der Waals surface area contributed by atoms with Crippen molar-refractivity contribution in [2.45, 2.75) is 66.8 Å². The van der Waals surface area contributed by atoms with Gasteiger partial charge in [-0.2, -0.15) is 0 Å². The normalized spacial score (nSPS) is 10.6. The van der Waals surface area contributed by atoms with Crippen molar-refractivity contribution in [3.63, 3.8) is 0 Å². The second-order valence-electron chi connectivity index (χ2n) is 4.61. The maximum absolute atomic E-state index is 5.50. The van der Waals surface area contributed by atoms with Crippen LogP contribution in [0.3, 0.4) is 0 Å². The molecule has 0 aliphatic rings. The van der Waals surface area contributed by atoms with Crippen LogP contribution >= 0.6 is 0 Å². The average molecular weight is 281 g/mol. The fraction of sp³-hybridized carbons (Fsp3) is 0.667. The first-order chi connectivity index (χ1) is 9.63. The smallest absolute Gasteiger partial charge is 0.119 e. The third kappa shape index (κ3) is 13.4. The Morgan fingerprint density at radius 2 is 1.65 bits per heavy atom. The SMILES string of the molecule is CC.CCC(C)NC.CCCCOc1ccc(C)cc1. The van der Waals surface area contributed by atoms with Crippen molar-refractivity contribution in [3.05, 3.63) is 29.8 Å². The van der Waals surface area contributed by atoms with E-state index in [4.69, 9.17) is 4.74 Å². The molecule has 0 aliphatic heterocycles. The Kier molecular flexibility index (Phi) is 17.1. The second-order valence-corrected chi connectivity index (χ2v) is 4.61. The third-order valence-electron chi connectivity index (χ3n) is 2.89. The van der Waals surface area contributed by atoms with E-state index >= 15 is 0 Å². The molecule has 20 heavy (non-hydrogen) atoms. The van der Waals surface area contributed by atoms with Crippen molar-refractivity contribution < 1.29 is 4.74 Å². The van der Waals surface area contributed by atoms with Gasteiger partial charge in [-0.15, -0.1) is 0 Å². The monoisotopic (exact) mass is 281 g/mol. The first-order valence-corrected chi connectivity index (χ1v) is 8.00. The first-order valence-electron chi connectivity index (χ1n) is 8.00. The number of ether oxygens (including phenoxy) is 1. The van der Waals surface area contributed by atoms with Crippen molar-refractivity contribution in [3.8, 4) is 5.75 Å². The number of benzene rings is 1. The Hall–Kier alpha value is -1.02. The van der Waals surface area contributed by atoms with E-state index in [1.807, 2.05) is 33.0 Å². The highest BCUT2D eigenvalue weighted by Crippen LogP contribution is 2.11. The largest absolute Gasteiger partial charge is 0.494 e. The van der Waals surface area contributed by atoms with Crippen molar-refractivity contribution in [2.24, 2.45) is 0 Å². The maximum Gasteiger partial charge on any atom is 0.119 e. The molecule has 1 unspecified atom stereocenters. The summed E-state index contributed by atoms with van der Waals surface area (Å²) in [5, 5.41) is 3.11. The van der Waals surface area contributed by atoms with Gasteiger partial charge in [0, 0.05) is 6.04 Å². The van der Waals surface area contributed by atoms with E-state index in [2.05, 4.69) is 45.1 Å². The third-order valence-corrected chi connectivity index (χ3v) is 2.89. The zero-order chi connectivity index (χ0) is 15.8. The summed E-state index contributed by atoms with van der Waals surface area (Å²) in [4.78, 5) is 0.